The molecule has 0 aromatic heterocycles. The van der Waals surface area contributed by atoms with Gasteiger partial charge in [0.15, 0.2) is 0 Å². The van der Waals surface area contributed by atoms with Gasteiger partial charge in [-0.2, -0.15) is 27.2 Å². The molecule has 0 bridgehead atoms. The fourth-order valence-electron chi connectivity index (χ4n) is 1.49. The fraction of sp³-hybridized carbons (Fsp3) is 0.333. The third kappa shape index (κ3) is 4.77. The predicted octanol–water partition coefficient (Wildman–Crippen LogP) is 3.95. The molecule has 0 aliphatic carbocycles. The van der Waals surface area contributed by atoms with Crippen LogP contribution in [0.1, 0.15) is 22.8 Å². The molecule has 0 aliphatic rings. The summed E-state index contributed by atoms with van der Waals surface area (Å²) in [4.78, 5) is 11.1. The third-order valence-corrected chi connectivity index (χ3v) is 2.95. The van der Waals surface area contributed by atoms with Gasteiger partial charge >= 0.3 is 18.1 Å². The number of nitriles is 1. The van der Waals surface area contributed by atoms with Crippen LogP contribution in [0.15, 0.2) is 17.0 Å². The Labute approximate surface area is 125 Å². The first-order valence-electron chi connectivity index (χ1n) is 5.64. The van der Waals surface area contributed by atoms with Gasteiger partial charge in [-0.3, -0.25) is 0 Å². The summed E-state index contributed by atoms with van der Waals surface area (Å²) < 4.78 is 70.6. The molecule has 1 aromatic carbocycles. The monoisotopic (exact) mass is 341 g/mol. The number of carbonyl (C=O) groups excluding carboxylic acids is 1. The van der Waals surface area contributed by atoms with Crippen molar-refractivity contribution in [1.82, 2.24) is 0 Å². The van der Waals surface area contributed by atoms with Crippen LogP contribution in [0, 0.1) is 11.3 Å². The van der Waals surface area contributed by atoms with E-state index < -0.39 is 51.6 Å². The molecule has 22 heavy (non-hydrogen) atoms. The molecule has 0 unspecified atom stereocenters. The van der Waals surface area contributed by atoms with Crippen LogP contribution in [0.5, 0.6) is 5.75 Å². The molecule has 0 radical (unpaired) electrons. The zero-order valence-electron chi connectivity index (χ0n) is 10.9. The Hall–Kier alpha value is -2.02. The normalized spacial score (nSPS) is 11.2. The van der Waals surface area contributed by atoms with Gasteiger partial charge in [-0.1, -0.05) is 0 Å². The largest absolute Gasteiger partial charge is 0.462 e. The standard InChI is InChI=1S/C12H8F5NO3S/c1-2-20-10(19)9-6(5-18)7(21-11(13)14)3-4-8(9)22-12(15,16)17/h3-4,11H,2H2,1H3. The van der Waals surface area contributed by atoms with Crippen LogP contribution in [0.3, 0.4) is 0 Å². The molecule has 0 spiro atoms. The van der Waals surface area contributed by atoms with Crippen molar-refractivity contribution in [1.29, 1.82) is 5.26 Å². The van der Waals surface area contributed by atoms with Crippen molar-refractivity contribution in [2.24, 2.45) is 0 Å². The second-order valence-corrected chi connectivity index (χ2v) is 4.68. The van der Waals surface area contributed by atoms with Crippen LogP contribution in [0.25, 0.3) is 0 Å². The van der Waals surface area contributed by atoms with E-state index in [0.717, 1.165) is 12.1 Å². The van der Waals surface area contributed by atoms with E-state index in [9.17, 15) is 26.7 Å². The number of rotatable bonds is 5. The summed E-state index contributed by atoms with van der Waals surface area (Å²) in [5.74, 6) is -1.93. The van der Waals surface area contributed by atoms with Gasteiger partial charge in [0.25, 0.3) is 0 Å². The summed E-state index contributed by atoms with van der Waals surface area (Å²) in [6.07, 6.45) is 0. The summed E-state index contributed by atoms with van der Waals surface area (Å²) in [5.41, 5.74) is -6.24. The highest BCUT2D eigenvalue weighted by Gasteiger charge is 2.34. The van der Waals surface area contributed by atoms with Gasteiger partial charge in [-0.05, 0) is 30.8 Å². The molecule has 10 heteroatoms. The second-order valence-electron chi connectivity index (χ2n) is 3.57. The minimum atomic E-state index is -4.74. The molecular formula is C12H8F5NO3S. The van der Waals surface area contributed by atoms with Crippen LogP contribution in [0.4, 0.5) is 22.0 Å². The number of halogens is 5. The van der Waals surface area contributed by atoms with E-state index in [1.54, 1.807) is 0 Å². The maximum absolute atomic E-state index is 12.5. The lowest BCUT2D eigenvalue weighted by molar-refractivity contribution is -0.0502. The van der Waals surface area contributed by atoms with Gasteiger partial charge in [0, 0.05) is 4.90 Å². The molecule has 1 aromatic rings. The van der Waals surface area contributed by atoms with Gasteiger partial charge in [-0.15, -0.1) is 0 Å². The molecule has 1 rings (SSSR count). The van der Waals surface area contributed by atoms with Crippen molar-refractivity contribution in [2.45, 2.75) is 23.9 Å². The highest BCUT2D eigenvalue weighted by atomic mass is 32.2. The Morgan fingerprint density at radius 2 is 2.05 bits per heavy atom. The number of hydrogen-bond acceptors (Lipinski definition) is 5. The van der Waals surface area contributed by atoms with Crippen molar-refractivity contribution in [3.63, 3.8) is 0 Å². The quantitative estimate of drug-likeness (QED) is 0.461. The number of alkyl halides is 5. The Morgan fingerprint density at radius 3 is 2.50 bits per heavy atom. The van der Waals surface area contributed by atoms with Crippen LogP contribution in [-0.2, 0) is 4.74 Å². The molecule has 4 nitrogen and oxygen atoms in total. The molecule has 120 valence electrons. The topological polar surface area (TPSA) is 59.3 Å². The lowest BCUT2D eigenvalue weighted by Gasteiger charge is -2.14. The molecule has 0 amide bonds. The minimum absolute atomic E-state index is 0.167. The SMILES string of the molecule is CCOC(=O)c1c(SC(F)(F)F)ccc(OC(F)F)c1C#N. The van der Waals surface area contributed by atoms with Crippen molar-refractivity contribution < 1.29 is 36.2 Å². The fourth-order valence-corrected chi connectivity index (χ4v) is 2.16. The van der Waals surface area contributed by atoms with E-state index in [1.165, 1.54) is 13.0 Å². The molecule has 0 saturated heterocycles. The smallest absolute Gasteiger partial charge is 0.446 e. The molecule has 0 aliphatic heterocycles. The van der Waals surface area contributed by atoms with Gasteiger partial charge in [-0.25, -0.2) is 4.79 Å². The average Bonchev–Trinajstić information content (AvgIpc) is 2.37. The van der Waals surface area contributed by atoms with Crippen LogP contribution < -0.4 is 4.74 Å². The van der Waals surface area contributed by atoms with Gasteiger partial charge in [0.05, 0.1) is 12.2 Å². The summed E-state index contributed by atoms with van der Waals surface area (Å²) in [7, 11) is 0. The van der Waals surface area contributed by atoms with Gasteiger partial charge in [0.1, 0.15) is 17.4 Å². The summed E-state index contributed by atoms with van der Waals surface area (Å²) >= 11 is -0.656. The Bertz CT molecular complexity index is 598. The van der Waals surface area contributed by atoms with Gasteiger partial charge in [0.2, 0.25) is 0 Å². The lowest BCUT2D eigenvalue weighted by atomic mass is 10.1. The first kappa shape index (κ1) is 18.0. The van der Waals surface area contributed by atoms with Crippen molar-refractivity contribution in [2.75, 3.05) is 6.61 Å². The van der Waals surface area contributed by atoms with Crippen molar-refractivity contribution in [3.05, 3.63) is 23.3 Å². The Morgan fingerprint density at radius 1 is 1.41 bits per heavy atom. The van der Waals surface area contributed by atoms with Gasteiger partial charge < -0.3 is 9.47 Å². The summed E-state index contributed by atoms with van der Waals surface area (Å²) in [5, 5.41) is 8.98. The summed E-state index contributed by atoms with van der Waals surface area (Å²) in [6.45, 7) is -2.07. The van der Waals surface area contributed by atoms with E-state index in [-0.39, 0.29) is 6.61 Å². The predicted molar refractivity (Wildman–Crippen MR) is 65.7 cm³/mol. The molecule has 0 saturated carbocycles. The van der Waals surface area contributed by atoms with Crippen LogP contribution in [-0.4, -0.2) is 24.7 Å². The minimum Gasteiger partial charge on any atom is -0.462 e. The molecule has 0 atom stereocenters. The van der Waals surface area contributed by atoms with Crippen molar-refractivity contribution >= 4 is 17.7 Å². The molecule has 0 heterocycles. The van der Waals surface area contributed by atoms with Crippen LogP contribution in [0.2, 0.25) is 0 Å². The second kappa shape index (κ2) is 7.31. The highest BCUT2D eigenvalue weighted by molar-refractivity contribution is 8.00. The number of esters is 1. The van der Waals surface area contributed by atoms with E-state index in [2.05, 4.69) is 9.47 Å². The summed E-state index contributed by atoms with van der Waals surface area (Å²) in [6, 6.07) is 2.93. The zero-order chi connectivity index (χ0) is 16.9. The number of nitrogens with zero attached hydrogens (tertiary/aromatic N) is 1. The zero-order valence-corrected chi connectivity index (χ0v) is 11.7. The van der Waals surface area contributed by atoms with E-state index in [4.69, 9.17) is 5.26 Å². The Balaban J connectivity index is 3.46. The Kier molecular flexibility index (Phi) is 5.99. The van der Waals surface area contributed by atoms with E-state index in [1.807, 2.05) is 0 Å². The number of thioether (sulfide) groups is 1. The number of carbonyl (C=O) groups is 1. The average molecular weight is 341 g/mol. The maximum Gasteiger partial charge on any atom is 0.446 e. The first-order chi connectivity index (χ1) is 10.2. The highest BCUT2D eigenvalue weighted by Crippen LogP contribution is 2.41. The lowest BCUT2D eigenvalue weighted by Crippen LogP contribution is -2.13. The molecular weight excluding hydrogens is 333 g/mol. The number of hydrogen-bond donors (Lipinski definition) is 0. The maximum atomic E-state index is 12.5. The first-order valence-corrected chi connectivity index (χ1v) is 6.46. The number of benzene rings is 1. The third-order valence-electron chi connectivity index (χ3n) is 2.16. The molecule has 0 N–H and O–H groups in total. The van der Waals surface area contributed by atoms with E-state index >= 15 is 0 Å². The number of ether oxygens (including phenoxy) is 2. The van der Waals surface area contributed by atoms with Crippen molar-refractivity contribution in [3.8, 4) is 11.8 Å². The van der Waals surface area contributed by atoms with E-state index in [0.29, 0.717) is 0 Å². The van der Waals surface area contributed by atoms with Crippen LogP contribution >= 0.6 is 11.8 Å². The molecule has 0 fully saturated rings.